The van der Waals surface area contributed by atoms with Crippen LogP contribution < -0.4 is 10.7 Å². The Bertz CT molecular complexity index is 1060. The van der Waals surface area contributed by atoms with Crippen LogP contribution in [0.1, 0.15) is 17.9 Å². The predicted molar refractivity (Wildman–Crippen MR) is 99.3 cm³/mol. The van der Waals surface area contributed by atoms with E-state index in [1.54, 1.807) is 0 Å². The number of halogens is 1. The van der Waals surface area contributed by atoms with Crippen molar-refractivity contribution in [1.82, 2.24) is 9.78 Å². The fourth-order valence-corrected chi connectivity index (χ4v) is 3.43. The molecule has 1 unspecified atom stereocenters. The molecule has 1 aromatic heterocycles. The highest BCUT2D eigenvalue weighted by Crippen LogP contribution is 2.36. The van der Waals surface area contributed by atoms with Gasteiger partial charge in [-0.3, -0.25) is 4.79 Å². The fourth-order valence-electron chi connectivity index (χ4n) is 3.43. The van der Waals surface area contributed by atoms with Gasteiger partial charge in [0.25, 0.3) is 0 Å². The molecule has 8 heteroatoms. The van der Waals surface area contributed by atoms with Gasteiger partial charge >= 0.3 is 11.7 Å². The lowest BCUT2D eigenvalue weighted by Crippen LogP contribution is -2.37. The number of rotatable bonds is 4. The molecule has 0 saturated heterocycles. The molecule has 2 aromatic carbocycles. The van der Waals surface area contributed by atoms with Gasteiger partial charge in [-0.25, -0.2) is 9.18 Å². The minimum absolute atomic E-state index is 0.128. The number of nitrogens with zero attached hydrogens (tertiary/aromatic N) is 3. The minimum Gasteiger partial charge on any atom is -0.469 e. The van der Waals surface area contributed by atoms with Gasteiger partial charge in [0, 0.05) is 17.8 Å². The van der Waals surface area contributed by atoms with Crippen LogP contribution in [0.3, 0.4) is 0 Å². The normalized spacial score (nSPS) is 15.9. The molecule has 7 nitrogen and oxygen atoms in total. The minimum atomic E-state index is -0.605. The number of carbonyl (C=O) groups is 1. The summed E-state index contributed by atoms with van der Waals surface area (Å²) in [7, 11) is 1.38. The lowest BCUT2D eigenvalue weighted by Gasteiger charge is -2.34. The van der Waals surface area contributed by atoms with Crippen molar-refractivity contribution in [3.8, 4) is 11.5 Å². The summed E-state index contributed by atoms with van der Waals surface area (Å²) in [5, 5.41) is 4.23. The summed E-state index contributed by atoms with van der Waals surface area (Å²) in [5.74, 6) is -1.46. The SMILES string of the molecule is COC(=O)C1CCN(Cn2nc(-c3ccc(F)cc3)oc2=O)c2ccccc21. The van der Waals surface area contributed by atoms with Crippen molar-refractivity contribution >= 4 is 11.7 Å². The molecule has 0 N–H and O–H groups in total. The van der Waals surface area contributed by atoms with E-state index in [1.807, 2.05) is 29.2 Å². The van der Waals surface area contributed by atoms with Crippen molar-refractivity contribution in [2.45, 2.75) is 19.0 Å². The highest BCUT2D eigenvalue weighted by Gasteiger charge is 2.31. The number of esters is 1. The van der Waals surface area contributed by atoms with E-state index in [4.69, 9.17) is 9.15 Å². The van der Waals surface area contributed by atoms with Crippen LogP contribution in [0.2, 0.25) is 0 Å². The standard InChI is InChI=1S/C20H18FN3O4/c1-27-19(25)16-10-11-23(17-5-3-2-4-15(16)17)12-24-20(26)28-18(22-24)13-6-8-14(21)9-7-13/h2-9,16H,10-12H2,1H3. The van der Waals surface area contributed by atoms with E-state index < -0.39 is 5.76 Å². The van der Waals surface area contributed by atoms with E-state index >= 15 is 0 Å². The van der Waals surface area contributed by atoms with Crippen molar-refractivity contribution in [3.63, 3.8) is 0 Å². The van der Waals surface area contributed by atoms with Gasteiger partial charge in [0.1, 0.15) is 12.5 Å². The molecule has 1 aliphatic heterocycles. The maximum Gasteiger partial charge on any atom is 0.439 e. The highest BCUT2D eigenvalue weighted by atomic mass is 19.1. The van der Waals surface area contributed by atoms with Gasteiger partial charge in [-0.05, 0) is 42.3 Å². The van der Waals surface area contributed by atoms with Crippen molar-refractivity contribution in [3.05, 3.63) is 70.5 Å². The largest absolute Gasteiger partial charge is 0.469 e. The lowest BCUT2D eigenvalue weighted by atomic mass is 9.90. The van der Waals surface area contributed by atoms with Gasteiger partial charge in [0.15, 0.2) is 0 Å². The average molecular weight is 383 g/mol. The van der Waals surface area contributed by atoms with Crippen LogP contribution in [0.25, 0.3) is 11.5 Å². The van der Waals surface area contributed by atoms with Crippen LogP contribution in [0, 0.1) is 5.82 Å². The van der Waals surface area contributed by atoms with Gasteiger partial charge in [0.05, 0.1) is 13.0 Å². The Labute approximate surface area is 160 Å². The Morgan fingerprint density at radius 1 is 1.25 bits per heavy atom. The quantitative estimate of drug-likeness (QED) is 0.645. The summed E-state index contributed by atoms with van der Waals surface area (Å²) in [6, 6.07) is 13.1. The molecule has 2 heterocycles. The first-order chi connectivity index (χ1) is 13.6. The van der Waals surface area contributed by atoms with Crippen molar-refractivity contribution in [1.29, 1.82) is 0 Å². The Hall–Kier alpha value is -3.42. The maximum absolute atomic E-state index is 13.1. The number of hydrogen-bond donors (Lipinski definition) is 0. The second-order valence-corrected chi connectivity index (χ2v) is 6.51. The van der Waals surface area contributed by atoms with E-state index in [0.29, 0.717) is 18.5 Å². The number of methoxy groups -OCH3 is 1. The molecular weight excluding hydrogens is 365 g/mol. The van der Waals surface area contributed by atoms with Gasteiger partial charge in [-0.2, -0.15) is 4.68 Å². The number of para-hydroxylation sites is 1. The molecular formula is C20H18FN3O4. The first kappa shape index (κ1) is 18.0. The molecule has 1 aliphatic rings. The van der Waals surface area contributed by atoms with E-state index in [9.17, 15) is 14.0 Å². The molecule has 0 amide bonds. The molecule has 28 heavy (non-hydrogen) atoms. The zero-order chi connectivity index (χ0) is 19.7. The number of carbonyl (C=O) groups excluding carboxylic acids is 1. The topological polar surface area (TPSA) is 77.6 Å². The summed E-state index contributed by atoms with van der Waals surface area (Å²) >= 11 is 0. The van der Waals surface area contributed by atoms with E-state index in [0.717, 1.165) is 11.3 Å². The molecule has 0 fully saturated rings. The summed E-state index contributed by atoms with van der Waals surface area (Å²) in [4.78, 5) is 26.3. The van der Waals surface area contributed by atoms with E-state index in [2.05, 4.69) is 5.10 Å². The van der Waals surface area contributed by atoms with Crippen molar-refractivity contribution < 1.29 is 18.3 Å². The maximum atomic E-state index is 13.1. The number of fused-ring (bicyclic) bond motifs is 1. The molecule has 0 spiro atoms. The third-order valence-electron chi connectivity index (χ3n) is 4.83. The first-order valence-corrected chi connectivity index (χ1v) is 8.82. The molecule has 0 bridgehead atoms. The van der Waals surface area contributed by atoms with Gasteiger partial charge in [-0.1, -0.05) is 18.2 Å². The number of hydrogen-bond acceptors (Lipinski definition) is 6. The second kappa shape index (κ2) is 7.30. The average Bonchev–Trinajstić information content (AvgIpc) is 3.08. The Morgan fingerprint density at radius 2 is 2.00 bits per heavy atom. The summed E-state index contributed by atoms with van der Waals surface area (Å²) in [6.45, 7) is 0.733. The van der Waals surface area contributed by atoms with Crippen LogP contribution in [-0.2, 0) is 16.2 Å². The second-order valence-electron chi connectivity index (χ2n) is 6.51. The van der Waals surface area contributed by atoms with E-state index in [-0.39, 0.29) is 30.3 Å². The molecule has 144 valence electrons. The number of aromatic nitrogens is 2. The summed E-state index contributed by atoms with van der Waals surface area (Å²) in [5.41, 5.74) is 2.22. The Kier molecular flexibility index (Phi) is 4.68. The fraction of sp³-hybridized carbons (Fsp3) is 0.250. The summed E-state index contributed by atoms with van der Waals surface area (Å²) < 4.78 is 24.4. The smallest absolute Gasteiger partial charge is 0.439 e. The summed E-state index contributed by atoms with van der Waals surface area (Å²) in [6.07, 6.45) is 0.571. The lowest BCUT2D eigenvalue weighted by molar-refractivity contribution is -0.142. The highest BCUT2D eigenvalue weighted by molar-refractivity contribution is 5.81. The van der Waals surface area contributed by atoms with Crippen molar-refractivity contribution in [2.24, 2.45) is 0 Å². The van der Waals surface area contributed by atoms with Crippen LogP contribution in [0.4, 0.5) is 10.1 Å². The third-order valence-corrected chi connectivity index (χ3v) is 4.83. The molecule has 0 radical (unpaired) electrons. The zero-order valence-electron chi connectivity index (χ0n) is 15.2. The Morgan fingerprint density at radius 3 is 2.75 bits per heavy atom. The van der Waals surface area contributed by atoms with Crippen LogP contribution >= 0.6 is 0 Å². The molecule has 0 saturated carbocycles. The van der Waals surface area contributed by atoms with Crippen LogP contribution in [0.15, 0.2) is 57.7 Å². The zero-order valence-corrected chi connectivity index (χ0v) is 15.2. The van der Waals surface area contributed by atoms with Crippen LogP contribution in [-0.4, -0.2) is 29.4 Å². The number of ether oxygens (including phenoxy) is 1. The van der Waals surface area contributed by atoms with Gasteiger partial charge in [-0.15, -0.1) is 5.10 Å². The van der Waals surface area contributed by atoms with Crippen LogP contribution in [0.5, 0.6) is 0 Å². The molecule has 4 rings (SSSR count). The third kappa shape index (κ3) is 3.28. The van der Waals surface area contributed by atoms with Gasteiger partial charge < -0.3 is 14.1 Å². The predicted octanol–water partition coefficient (Wildman–Crippen LogP) is 2.77. The molecule has 1 atom stereocenters. The molecule has 3 aromatic rings. The first-order valence-electron chi connectivity index (χ1n) is 8.82. The number of anilines is 1. The van der Waals surface area contributed by atoms with E-state index in [1.165, 1.54) is 36.1 Å². The molecule has 0 aliphatic carbocycles. The monoisotopic (exact) mass is 383 g/mol. The Balaban J connectivity index is 1.62. The van der Waals surface area contributed by atoms with Gasteiger partial charge in [0.2, 0.25) is 5.89 Å². The number of benzene rings is 2. The van der Waals surface area contributed by atoms with Crippen molar-refractivity contribution in [2.75, 3.05) is 18.6 Å².